The highest BCUT2D eigenvalue weighted by Crippen LogP contribution is 2.12. The van der Waals surface area contributed by atoms with Crippen LogP contribution in [0.2, 0.25) is 0 Å². The second kappa shape index (κ2) is 8.28. The molecule has 0 atom stereocenters. The third kappa shape index (κ3) is 5.37. The van der Waals surface area contributed by atoms with Crippen molar-refractivity contribution >= 4 is 17.4 Å². The van der Waals surface area contributed by atoms with Gasteiger partial charge in [-0.2, -0.15) is 0 Å². The fourth-order valence-electron chi connectivity index (χ4n) is 2.46. The Morgan fingerprint density at radius 2 is 1.74 bits per heavy atom. The molecule has 0 unspecified atom stereocenters. The molecule has 1 amide bonds. The van der Waals surface area contributed by atoms with Gasteiger partial charge in [-0.1, -0.05) is 49.7 Å². The van der Waals surface area contributed by atoms with Gasteiger partial charge in [0.05, 0.1) is 0 Å². The van der Waals surface area contributed by atoms with E-state index in [1.807, 2.05) is 55.5 Å². The minimum atomic E-state index is -0.133. The summed E-state index contributed by atoms with van der Waals surface area (Å²) in [5.41, 5.74) is 3.77. The lowest BCUT2D eigenvalue weighted by molar-refractivity contribution is -0.116. The number of ketones is 1. The Balaban J connectivity index is 1.84. The molecule has 120 valence electrons. The van der Waals surface area contributed by atoms with E-state index in [2.05, 4.69) is 12.2 Å². The highest BCUT2D eigenvalue weighted by Gasteiger charge is 2.09. The van der Waals surface area contributed by atoms with E-state index in [0.29, 0.717) is 5.56 Å². The Kier molecular flexibility index (Phi) is 6.10. The van der Waals surface area contributed by atoms with Crippen LogP contribution in [0.3, 0.4) is 0 Å². The molecular weight excluding hydrogens is 286 g/mol. The summed E-state index contributed by atoms with van der Waals surface area (Å²) in [7, 11) is 0. The van der Waals surface area contributed by atoms with Crippen LogP contribution in [-0.2, 0) is 11.2 Å². The normalized spacial score (nSPS) is 10.3. The van der Waals surface area contributed by atoms with Crippen molar-refractivity contribution in [3.63, 3.8) is 0 Å². The van der Waals surface area contributed by atoms with Crippen molar-refractivity contribution in [1.82, 2.24) is 0 Å². The molecule has 0 bridgehead atoms. The van der Waals surface area contributed by atoms with Gasteiger partial charge < -0.3 is 5.32 Å². The number of rotatable bonds is 7. The number of hydrogen-bond acceptors (Lipinski definition) is 2. The first-order chi connectivity index (χ1) is 11.1. The van der Waals surface area contributed by atoms with Crippen LogP contribution < -0.4 is 5.32 Å². The molecule has 1 N–H and O–H groups in total. The van der Waals surface area contributed by atoms with E-state index in [4.69, 9.17) is 0 Å². The molecule has 3 heteroatoms. The molecule has 0 aromatic heterocycles. The van der Waals surface area contributed by atoms with Crippen molar-refractivity contribution in [2.45, 2.75) is 39.5 Å². The van der Waals surface area contributed by atoms with Gasteiger partial charge in [0.15, 0.2) is 5.78 Å². The van der Waals surface area contributed by atoms with Crippen molar-refractivity contribution in [2.24, 2.45) is 0 Å². The fourth-order valence-corrected chi connectivity index (χ4v) is 2.46. The average Bonchev–Trinajstić information content (AvgIpc) is 2.54. The lowest BCUT2D eigenvalue weighted by Crippen LogP contribution is -2.13. The molecule has 0 heterocycles. The first-order valence-electron chi connectivity index (χ1n) is 8.07. The quantitative estimate of drug-likeness (QED) is 0.763. The predicted molar refractivity (Wildman–Crippen MR) is 93.8 cm³/mol. The maximum atomic E-state index is 12.1. The molecular formula is C20H23NO2. The summed E-state index contributed by atoms with van der Waals surface area (Å²) < 4.78 is 0. The molecule has 0 saturated heterocycles. The number of aryl methyl sites for hydroxylation is 2. The maximum absolute atomic E-state index is 12.1. The lowest BCUT2D eigenvalue weighted by atomic mass is 10.0. The third-order valence-electron chi connectivity index (χ3n) is 3.70. The number of anilines is 1. The molecule has 2 rings (SSSR count). The first-order valence-corrected chi connectivity index (χ1v) is 8.07. The van der Waals surface area contributed by atoms with Crippen molar-refractivity contribution in [3.05, 3.63) is 65.2 Å². The molecule has 0 radical (unpaired) electrons. The standard InChI is InChI=1S/C20H23NO2/c1-3-5-16-8-10-17(11-9-16)19(22)12-13-20(23)21-18-7-4-6-15(2)14-18/h4,6-11,14H,3,5,12-13H2,1-2H3,(H,21,23). The molecule has 3 nitrogen and oxygen atoms in total. The highest BCUT2D eigenvalue weighted by molar-refractivity contribution is 6.00. The summed E-state index contributed by atoms with van der Waals surface area (Å²) in [6.45, 7) is 4.10. The highest BCUT2D eigenvalue weighted by atomic mass is 16.2. The molecule has 0 aliphatic heterocycles. The summed E-state index contributed by atoms with van der Waals surface area (Å²) in [4.78, 5) is 24.1. The van der Waals surface area contributed by atoms with E-state index < -0.39 is 0 Å². The Morgan fingerprint density at radius 1 is 1.00 bits per heavy atom. The van der Waals surface area contributed by atoms with Gasteiger partial charge in [-0.05, 0) is 36.6 Å². The Morgan fingerprint density at radius 3 is 2.39 bits per heavy atom. The van der Waals surface area contributed by atoms with Crippen LogP contribution in [0.5, 0.6) is 0 Å². The third-order valence-corrected chi connectivity index (χ3v) is 3.70. The van der Waals surface area contributed by atoms with Crippen molar-refractivity contribution in [3.8, 4) is 0 Å². The van der Waals surface area contributed by atoms with Crippen molar-refractivity contribution in [1.29, 1.82) is 0 Å². The zero-order valence-corrected chi connectivity index (χ0v) is 13.8. The fraction of sp³-hybridized carbons (Fsp3) is 0.300. The number of carbonyl (C=O) groups excluding carboxylic acids is 2. The van der Waals surface area contributed by atoms with E-state index in [1.54, 1.807) is 0 Å². The van der Waals surface area contributed by atoms with Gasteiger partial charge in [-0.15, -0.1) is 0 Å². The minimum absolute atomic E-state index is 0.00689. The van der Waals surface area contributed by atoms with Gasteiger partial charge in [-0.25, -0.2) is 0 Å². The van der Waals surface area contributed by atoms with Crippen LogP contribution in [0, 0.1) is 6.92 Å². The van der Waals surface area contributed by atoms with E-state index in [9.17, 15) is 9.59 Å². The van der Waals surface area contributed by atoms with Gasteiger partial charge in [0.1, 0.15) is 0 Å². The van der Waals surface area contributed by atoms with Crippen LogP contribution in [-0.4, -0.2) is 11.7 Å². The summed E-state index contributed by atoms with van der Waals surface area (Å²) in [5, 5.41) is 2.82. The van der Waals surface area contributed by atoms with Crippen molar-refractivity contribution in [2.75, 3.05) is 5.32 Å². The van der Waals surface area contributed by atoms with Crippen LogP contribution in [0.1, 0.15) is 47.7 Å². The van der Waals surface area contributed by atoms with Crippen LogP contribution >= 0.6 is 0 Å². The molecule has 0 saturated carbocycles. The van der Waals surface area contributed by atoms with Gasteiger partial charge in [-0.3, -0.25) is 9.59 Å². The number of amides is 1. The van der Waals surface area contributed by atoms with Gasteiger partial charge in [0, 0.05) is 24.1 Å². The molecule has 2 aromatic carbocycles. The second-order valence-electron chi connectivity index (χ2n) is 5.79. The molecule has 2 aromatic rings. The average molecular weight is 309 g/mol. The molecule has 0 aliphatic rings. The summed E-state index contributed by atoms with van der Waals surface area (Å²) in [6, 6.07) is 15.3. The lowest BCUT2D eigenvalue weighted by Gasteiger charge is -2.06. The smallest absolute Gasteiger partial charge is 0.224 e. The van der Waals surface area contributed by atoms with Crippen LogP contribution in [0.25, 0.3) is 0 Å². The SMILES string of the molecule is CCCc1ccc(C(=O)CCC(=O)Nc2cccc(C)c2)cc1. The van der Waals surface area contributed by atoms with Crippen molar-refractivity contribution < 1.29 is 9.59 Å². The number of benzene rings is 2. The number of hydrogen-bond donors (Lipinski definition) is 1. The summed E-state index contributed by atoms with van der Waals surface area (Å²) in [5.74, 6) is -0.126. The van der Waals surface area contributed by atoms with Crippen LogP contribution in [0.15, 0.2) is 48.5 Å². The predicted octanol–water partition coefficient (Wildman–Crippen LogP) is 4.55. The van der Waals surface area contributed by atoms with E-state index >= 15 is 0 Å². The van der Waals surface area contributed by atoms with E-state index in [-0.39, 0.29) is 24.5 Å². The summed E-state index contributed by atoms with van der Waals surface area (Å²) in [6.07, 6.45) is 2.54. The van der Waals surface area contributed by atoms with Gasteiger partial charge in [0.25, 0.3) is 0 Å². The van der Waals surface area contributed by atoms with E-state index in [1.165, 1.54) is 5.56 Å². The zero-order chi connectivity index (χ0) is 16.7. The molecule has 0 aliphatic carbocycles. The molecule has 0 spiro atoms. The maximum Gasteiger partial charge on any atom is 0.224 e. The Hall–Kier alpha value is -2.42. The Labute approximate surface area is 137 Å². The topological polar surface area (TPSA) is 46.2 Å². The van der Waals surface area contributed by atoms with Gasteiger partial charge in [0.2, 0.25) is 5.91 Å². The number of carbonyl (C=O) groups is 2. The summed E-state index contributed by atoms with van der Waals surface area (Å²) >= 11 is 0. The second-order valence-corrected chi connectivity index (χ2v) is 5.79. The first kappa shape index (κ1) is 16.9. The Bertz CT molecular complexity index is 674. The zero-order valence-electron chi connectivity index (χ0n) is 13.8. The molecule has 23 heavy (non-hydrogen) atoms. The van der Waals surface area contributed by atoms with Crippen LogP contribution in [0.4, 0.5) is 5.69 Å². The molecule has 0 fully saturated rings. The van der Waals surface area contributed by atoms with Gasteiger partial charge >= 0.3 is 0 Å². The minimum Gasteiger partial charge on any atom is -0.326 e. The van der Waals surface area contributed by atoms with E-state index in [0.717, 1.165) is 24.1 Å². The largest absolute Gasteiger partial charge is 0.326 e. The number of Topliss-reactive ketones (excluding diaryl/α,β-unsaturated/α-hetero) is 1. The monoisotopic (exact) mass is 309 g/mol. The number of nitrogens with one attached hydrogen (secondary N) is 1.